The predicted octanol–water partition coefficient (Wildman–Crippen LogP) is 0.909. The van der Waals surface area contributed by atoms with Crippen molar-refractivity contribution < 1.29 is 9.90 Å². The molecule has 3 rings (SSSR count). The Morgan fingerprint density at radius 3 is 2.83 bits per heavy atom. The Balaban J connectivity index is 2.12. The molecule has 7 nitrogen and oxygen atoms in total. The largest absolute Gasteiger partial charge is 0.477 e. The molecule has 0 aliphatic carbocycles. The van der Waals surface area contributed by atoms with Gasteiger partial charge >= 0.3 is 5.97 Å². The lowest BCUT2D eigenvalue weighted by molar-refractivity contribution is 0.0690. The van der Waals surface area contributed by atoms with E-state index < -0.39 is 5.97 Å². The number of carboxylic acid groups (broad SMARTS) is 1. The van der Waals surface area contributed by atoms with Crippen molar-refractivity contribution in [3.63, 3.8) is 0 Å². The fourth-order valence-electron chi connectivity index (χ4n) is 1.58. The first-order chi connectivity index (χ1) is 8.75. The normalized spacial score (nSPS) is 10.7. The maximum absolute atomic E-state index is 10.7. The summed E-state index contributed by atoms with van der Waals surface area (Å²) in [5.74, 6) is -1.07. The van der Waals surface area contributed by atoms with Crippen LogP contribution in [0.3, 0.4) is 0 Å². The van der Waals surface area contributed by atoms with E-state index in [-0.39, 0.29) is 5.69 Å². The Kier molecular flexibility index (Phi) is 2.23. The molecule has 0 amide bonds. The van der Waals surface area contributed by atoms with E-state index in [0.717, 1.165) is 0 Å². The van der Waals surface area contributed by atoms with Crippen LogP contribution < -0.4 is 0 Å². The van der Waals surface area contributed by atoms with Crippen molar-refractivity contribution in [2.45, 2.75) is 0 Å². The summed E-state index contributed by atoms with van der Waals surface area (Å²) >= 11 is 0. The van der Waals surface area contributed by atoms with Crippen molar-refractivity contribution in [3.8, 4) is 5.69 Å². The van der Waals surface area contributed by atoms with E-state index >= 15 is 0 Å². The minimum absolute atomic E-state index is 0.0175. The molecule has 0 radical (unpaired) electrons. The van der Waals surface area contributed by atoms with Crippen LogP contribution in [0.2, 0.25) is 0 Å². The quantitative estimate of drug-likeness (QED) is 0.716. The molecule has 0 saturated carbocycles. The molecule has 0 unspecified atom stereocenters. The predicted molar refractivity (Wildman–Crippen MR) is 61.4 cm³/mol. The second-order valence-electron chi connectivity index (χ2n) is 3.55. The number of hydrogen-bond donors (Lipinski definition) is 1. The fraction of sp³-hybridized carbons (Fsp3) is 0. The van der Waals surface area contributed by atoms with E-state index in [2.05, 4.69) is 20.3 Å². The average molecular weight is 241 g/mol. The van der Waals surface area contributed by atoms with Crippen LogP contribution in [0, 0.1) is 0 Å². The summed E-state index contributed by atoms with van der Waals surface area (Å²) in [5, 5.41) is 16.7. The van der Waals surface area contributed by atoms with Crippen LogP contribution in [0.5, 0.6) is 0 Å². The van der Waals surface area contributed by atoms with Crippen molar-refractivity contribution in [3.05, 3.63) is 42.4 Å². The summed E-state index contributed by atoms with van der Waals surface area (Å²) in [5.41, 5.74) is 1.86. The second kappa shape index (κ2) is 3.88. The second-order valence-corrected chi connectivity index (χ2v) is 3.55. The zero-order valence-electron chi connectivity index (χ0n) is 9.06. The van der Waals surface area contributed by atoms with E-state index in [0.29, 0.717) is 16.9 Å². The zero-order valence-corrected chi connectivity index (χ0v) is 9.06. The molecule has 3 heterocycles. The highest BCUT2D eigenvalue weighted by molar-refractivity contribution is 5.85. The van der Waals surface area contributed by atoms with Gasteiger partial charge in [-0.05, 0) is 24.3 Å². The van der Waals surface area contributed by atoms with E-state index in [4.69, 9.17) is 5.11 Å². The third-order valence-electron chi connectivity index (χ3n) is 2.42. The van der Waals surface area contributed by atoms with Crippen molar-refractivity contribution >= 4 is 17.1 Å². The van der Waals surface area contributed by atoms with Crippen LogP contribution in [0.4, 0.5) is 0 Å². The summed E-state index contributed by atoms with van der Waals surface area (Å²) in [6.07, 6.45) is 3.06. The van der Waals surface area contributed by atoms with Gasteiger partial charge in [-0.2, -0.15) is 4.68 Å². The molecule has 0 bridgehead atoms. The molecular formula is C11H7N5O2. The monoisotopic (exact) mass is 241 g/mol. The van der Waals surface area contributed by atoms with E-state index in [9.17, 15) is 4.79 Å². The van der Waals surface area contributed by atoms with Gasteiger partial charge in [0, 0.05) is 6.20 Å². The van der Waals surface area contributed by atoms with Gasteiger partial charge in [0.2, 0.25) is 0 Å². The van der Waals surface area contributed by atoms with E-state index in [1.54, 1.807) is 24.4 Å². The number of nitrogens with zero attached hydrogens (tertiary/aromatic N) is 5. The Bertz CT molecular complexity index is 720. The number of hydrogen-bond acceptors (Lipinski definition) is 5. The molecule has 3 aromatic rings. The number of pyridine rings is 2. The highest BCUT2D eigenvalue weighted by Gasteiger charge is 2.09. The average Bonchev–Trinajstić information content (AvgIpc) is 2.82. The lowest BCUT2D eigenvalue weighted by Crippen LogP contribution is -2.03. The molecule has 0 saturated heterocycles. The number of fused-ring (bicyclic) bond motifs is 1. The van der Waals surface area contributed by atoms with Gasteiger partial charge in [0.25, 0.3) is 0 Å². The lowest BCUT2D eigenvalue weighted by Gasteiger charge is -2.00. The van der Waals surface area contributed by atoms with Crippen LogP contribution in [0.25, 0.3) is 16.9 Å². The SMILES string of the molecule is O=C(O)c1ccc(-n2nnc3cccnc32)cn1. The molecule has 18 heavy (non-hydrogen) atoms. The summed E-state index contributed by atoms with van der Waals surface area (Å²) in [4.78, 5) is 18.7. The van der Waals surface area contributed by atoms with Gasteiger partial charge in [-0.15, -0.1) is 5.10 Å². The summed E-state index contributed by atoms with van der Waals surface area (Å²) in [6, 6.07) is 6.59. The number of carbonyl (C=O) groups is 1. The van der Waals surface area contributed by atoms with Gasteiger partial charge < -0.3 is 5.11 Å². The fourth-order valence-corrected chi connectivity index (χ4v) is 1.58. The molecule has 7 heteroatoms. The Morgan fingerprint density at radius 1 is 1.22 bits per heavy atom. The molecule has 1 N–H and O–H groups in total. The van der Waals surface area contributed by atoms with Gasteiger partial charge in [-0.1, -0.05) is 5.21 Å². The van der Waals surface area contributed by atoms with Gasteiger partial charge in [-0.3, -0.25) is 0 Å². The molecule has 88 valence electrons. The summed E-state index contributed by atoms with van der Waals surface area (Å²) < 4.78 is 1.51. The van der Waals surface area contributed by atoms with Gasteiger partial charge in [0.1, 0.15) is 11.2 Å². The number of aromatic nitrogens is 5. The van der Waals surface area contributed by atoms with Crippen molar-refractivity contribution in [2.24, 2.45) is 0 Å². The first kappa shape index (κ1) is 10.3. The molecule has 0 aliphatic heterocycles. The van der Waals surface area contributed by atoms with Crippen LogP contribution >= 0.6 is 0 Å². The van der Waals surface area contributed by atoms with Gasteiger partial charge in [0.15, 0.2) is 5.65 Å². The standard InChI is InChI=1S/C11H7N5O2/c17-11(18)9-4-3-7(6-13-9)16-10-8(14-15-16)2-1-5-12-10/h1-6H,(H,17,18). The van der Waals surface area contributed by atoms with E-state index in [1.165, 1.54) is 16.9 Å². The van der Waals surface area contributed by atoms with Crippen molar-refractivity contribution in [1.82, 2.24) is 25.0 Å². The molecule has 0 aromatic carbocycles. The van der Waals surface area contributed by atoms with Crippen LogP contribution in [0.15, 0.2) is 36.7 Å². The number of aromatic carboxylic acids is 1. The van der Waals surface area contributed by atoms with Gasteiger partial charge in [0.05, 0.1) is 11.9 Å². The minimum Gasteiger partial charge on any atom is -0.477 e. The van der Waals surface area contributed by atoms with Crippen LogP contribution in [-0.2, 0) is 0 Å². The topological polar surface area (TPSA) is 93.8 Å². The van der Waals surface area contributed by atoms with Crippen LogP contribution in [0.1, 0.15) is 10.5 Å². The van der Waals surface area contributed by atoms with Gasteiger partial charge in [-0.25, -0.2) is 14.8 Å². The van der Waals surface area contributed by atoms with Crippen molar-refractivity contribution in [2.75, 3.05) is 0 Å². The molecule has 3 aromatic heterocycles. The maximum atomic E-state index is 10.7. The molecule has 0 spiro atoms. The zero-order chi connectivity index (χ0) is 12.5. The first-order valence-corrected chi connectivity index (χ1v) is 5.12. The Morgan fingerprint density at radius 2 is 2.11 bits per heavy atom. The summed E-state index contributed by atoms with van der Waals surface area (Å²) in [7, 11) is 0. The Hall–Kier alpha value is -2.83. The molecular weight excluding hydrogens is 234 g/mol. The maximum Gasteiger partial charge on any atom is 0.354 e. The summed E-state index contributed by atoms with van der Waals surface area (Å²) in [6.45, 7) is 0. The lowest BCUT2D eigenvalue weighted by atomic mass is 10.3. The van der Waals surface area contributed by atoms with Crippen LogP contribution in [-0.4, -0.2) is 36.0 Å². The molecule has 0 atom stereocenters. The smallest absolute Gasteiger partial charge is 0.354 e. The highest BCUT2D eigenvalue weighted by Crippen LogP contribution is 2.12. The minimum atomic E-state index is -1.07. The number of carboxylic acids is 1. The highest BCUT2D eigenvalue weighted by atomic mass is 16.4. The van der Waals surface area contributed by atoms with E-state index in [1.807, 2.05) is 0 Å². The third-order valence-corrected chi connectivity index (χ3v) is 2.42. The third kappa shape index (κ3) is 1.58. The molecule has 0 aliphatic rings. The van der Waals surface area contributed by atoms with Crippen molar-refractivity contribution in [1.29, 1.82) is 0 Å². The first-order valence-electron chi connectivity index (χ1n) is 5.12. The Labute approximate surface area is 101 Å². The molecule has 0 fully saturated rings. The number of rotatable bonds is 2.